The van der Waals surface area contributed by atoms with Crippen molar-refractivity contribution in [3.8, 4) is 0 Å². The molecule has 3 heteroatoms. The third kappa shape index (κ3) is 1.73. The molecule has 0 saturated heterocycles. The first-order valence-electron chi connectivity index (χ1n) is 3.32. The van der Waals surface area contributed by atoms with Crippen LogP contribution in [0.25, 0.3) is 0 Å². The van der Waals surface area contributed by atoms with E-state index in [1.165, 1.54) is 0 Å². The fraction of sp³-hybridized carbons (Fsp3) is 0.250. The van der Waals surface area contributed by atoms with E-state index in [9.17, 15) is 0 Å². The van der Waals surface area contributed by atoms with Crippen LogP contribution in [0.15, 0.2) is 34.1 Å². The number of rotatable bonds is 3. The minimum atomic E-state index is 0.156. The SMILES string of the molecule is C=CC(NC)c1ccoc1Br. The molecular weight excluding hydrogens is 206 g/mol. The minimum absolute atomic E-state index is 0.156. The molecular formula is C8H10BrNO. The molecule has 2 nitrogen and oxygen atoms in total. The van der Waals surface area contributed by atoms with Crippen molar-refractivity contribution in [2.45, 2.75) is 6.04 Å². The van der Waals surface area contributed by atoms with Crippen molar-refractivity contribution in [1.29, 1.82) is 0 Å². The zero-order valence-corrected chi connectivity index (χ0v) is 7.89. The van der Waals surface area contributed by atoms with E-state index in [1.54, 1.807) is 6.26 Å². The zero-order valence-electron chi connectivity index (χ0n) is 6.30. The van der Waals surface area contributed by atoms with Gasteiger partial charge in [-0.2, -0.15) is 0 Å². The molecule has 0 aromatic carbocycles. The standard InChI is InChI=1S/C8H10BrNO/c1-3-7(10-2)6-4-5-11-8(6)9/h3-5,7,10H,1H2,2H3. The molecule has 1 atom stereocenters. The van der Waals surface area contributed by atoms with Gasteiger partial charge < -0.3 is 9.73 Å². The molecule has 0 radical (unpaired) electrons. The van der Waals surface area contributed by atoms with Gasteiger partial charge in [0, 0.05) is 5.56 Å². The van der Waals surface area contributed by atoms with Crippen LogP contribution < -0.4 is 5.32 Å². The van der Waals surface area contributed by atoms with E-state index < -0.39 is 0 Å². The summed E-state index contributed by atoms with van der Waals surface area (Å²) in [6.07, 6.45) is 3.48. The molecule has 11 heavy (non-hydrogen) atoms. The van der Waals surface area contributed by atoms with Crippen LogP contribution in [0.1, 0.15) is 11.6 Å². The molecule has 0 bridgehead atoms. The smallest absolute Gasteiger partial charge is 0.174 e. The van der Waals surface area contributed by atoms with Crippen molar-refractivity contribution in [1.82, 2.24) is 5.32 Å². The predicted octanol–water partition coefficient (Wildman–Crippen LogP) is 2.49. The number of hydrogen-bond donors (Lipinski definition) is 1. The maximum Gasteiger partial charge on any atom is 0.174 e. The van der Waals surface area contributed by atoms with E-state index in [0.29, 0.717) is 0 Å². The summed E-state index contributed by atoms with van der Waals surface area (Å²) in [7, 11) is 1.88. The van der Waals surface area contributed by atoms with Gasteiger partial charge in [-0.05, 0) is 29.0 Å². The molecule has 1 N–H and O–H groups in total. The molecule has 1 rings (SSSR count). The Labute approximate surface area is 74.4 Å². The Morgan fingerprint density at radius 1 is 1.82 bits per heavy atom. The quantitative estimate of drug-likeness (QED) is 0.785. The Morgan fingerprint density at radius 2 is 2.55 bits per heavy atom. The largest absolute Gasteiger partial charge is 0.457 e. The van der Waals surface area contributed by atoms with Gasteiger partial charge in [-0.1, -0.05) is 6.08 Å². The number of hydrogen-bond acceptors (Lipinski definition) is 2. The maximum atomic E-state index is 5.08. The summed E-state index contributed by atoms with van der Waals surface area (Å²) < 4.78 is 5.84. The number of halogens is 1. The van der Waals surface area contributed by atoms with Crippen molar-refractivity contribution in [3.63, 3.8) is 0 Å². The van der Waals surface area contributed by atoms with Gasteiger partial charge in [-0.3, -0.25) is 0 Å². The second-order valence-electron chi connectivity index (χ2n) is 2.15. The topological polar surface area (TPSA) is 25.2 Å². The van der Waals surface area contributed by atoms with Crippen molar-refractivity contribution < 1.29 is 4.42 Å². The third-order valence-electron chi connectivity index (χ3n) is 1.53. The molecule has 0 spiro atoms. The van der Waals surface area contributed by atoms with Crippen molar-refractivity contribution in [2.75, 3.05) is 7.05 Å². The van der Waals surface area contributed by atoms with E-state index in [4.69, 9.17) is 4.42 Å². The van der Waals surface area contributed by atoms with E-state index in [0.717, 1.165) is 10.2 Å². The van der Waals surface area contributed by atoms with Gasteiger partial charge in [-0.15, -0.1) is 6.58 Å². The molecule has 0 fully saturated rings. The maximum absolute atomic E-state index is 5.08. The van der Waals surface area contributed by atoms with E-state index in [2.05, 4.69) is 27.8 Å². The van der Waals surface area contributed by atoms with Crippen LogP contribution in [-0.2, 0) is 0 Å². The Morgan fingerprint density at radius 3 is 2.91 bits per heavy atom. The van der Waals surface area contributed by atoms with E-state index in [-0.39, 0.29) is 6.04 Å². The lowest BCUT2D eigenvalue weighted by Gasteiger charge is -2.08. The normalized spacial score (nSPS) is 12.9. The molecule has 0 aliphatic carbocycles. The zero-order chi connectivity index (χ0) is 8.27. The molecule has 0 amide bonds. The van der Waals surface area contributed by atoms with Crippen LogP contribution in [0.2, 0.25) is 0 Å². The number of furan rings is 1. The average molecular weight is 216 g/mol. The summed E-state index contributed by atoms with van der Waals surface area (Å²) in [6, 6.07) is 2.07. The van der Waals surface area contributed by atoms with Gasteiger partial charge in [0.25, 0.3) is 0 Å². The third-order valence-corrected chi connectivity index (χ3v) is 2.17. The highest BCUT2D eigenvalue weighted by Crippen LogP contribution is 2.24. The summed E-state index contributed by atoms with van der Waals surface area (Å²) in [5, 5.41) is 3.09. The van der Waals surface area contributed by atoms with Crippen LogP contribution in [0.4, 0.5) is 0 Å². The highest BCUT2D eigenvalue weighted by molar-refractivity contribution is 9.10. The van der Waals surface area contributed by atoms with Crippen molar-refractivity contribution >= 4 is 15.9 Å². The van der Waals surface area contributed by atoms with Crippen LogP contribution >= 0.6 is 15.9 Å². The number of nitrogens with one attached hydrogen (secondary N) is 1. The summed E-state index contributed by atoms with van der Waals surface area (Å²) in [4.78, 5) is 0. The second kappa shape index (κ2) is 3.74. The second-order valence-corrected chi connectivity index (χ2v) is 2.87. The first kappa shape index (κ1) is 8.56. The van der Waals surface area contributed by atoms with E-state index >= 15 is 0 Å². The summed E-state index contributed by atoms with van der Waals surface area (Å²) in [5.41, 5.74) is 1.07. The summed E-state index contributed by atoms with van der Waals surface area (Å²) in [6.45, 7) is 3.70. The number of likely N-dealkylation sites (N-methyl/N-ethyl adjacent to an activating group) is 1. The van der Waals surface area contributed by atoms with Gasteiger partial charge >= 0.3 is 0 Å². The molecule has 0 aliphatic heterocycles. The van der Waals surface area contributed by atoms with Crippen LogP contribution in [0.5, 0.6) is 0 Å². The Bertz CT molecular complexity index is 244. The summed E-state index contributed by atoms with van der Waals surface area (Å²) >= 11 is 3.29. The van der Waals surface area contributed by atoms with Crippen molar-refractivity contribution in [2.24, 2.45) is 0 Å². The molecule has 0 saturated carbocycles. The Balaban J connectivity index is 2.89. The first-order valence-corrected chi connectivity index (χ1v) is 4.11. The lowest BCUT2D eigenvalue weighted by Crippen LogP contribution is -2.12. The molecule has 1 heterocycles. The highest BCUT2D eigenvalue weighted by atomic mass is 79.9. The minimum Gasteiger partial charge on any atom is -0.457 e. The van der Waals surface area contributed by atoms with Gasteiger partial charge in [0.15, 0.2) is 4.67 Å². The molecule has 1 aromatic heterocycles. The molecule has 1 unspecified atom stereocenters. The molecule has 60 valence electrons. The fourth-order valence-electron chi connectivity index (χ4n) is 0.927. The highest BCUT2D eigenvalue weighted by Gasteiger charge is 2.10. The van der Waals surface area contributed by atoms with Crippen LogP contribution in [0.3, 0.4) is 0 Å². The van der Waals surface area contributed by atoms with E-state index in [1.807, 2.05) is 19.2 Å². The van der Waals surface area contributed by atoms with Crippen molar-refractivity contribution in [3.05, 3.63) is 35.2 Å². The van der Waals surface area contributed by atoms with Crippen LogP contribution in [-0.4, -0.2) is 7.05 Å². The Kier molecular flexibility index (Phi) is 2.91. The van der Waals surface area contributed by atoms with Gasteiger partial charge in [0.2, 0.25) is 0 Å². The predicted molar refractivity (Wildman–Crippen MR) is 48.4 cm³/mol. The lowest BCUT2D eigenvalue weighted by atomic mass is 10.1. The Hall–Kier alpha value is -0.540. The van der Waals surface area contributed by atoms with Gasteiger partial charge in [-0.25, -0.2) is 0 Å². The van der Waals surface area contributed by atoms with Gasteiger partial charge in [0.05, 0.1) is 12.3 Å². The van der Waals surface area contributed by atoms with Gasteiger partial charge in [0.1, 0.15) is 0 Å². The molecule has 1 aromatic rings. The summed E-state index contributed by atoms with van der Waals surface area (Å²) in [5.74, 6) is 0. The average Bonchev–Trinajstić information content (AvgIpc) is 2.40. The lowest BCUT2D eigenvalue weighted by molar-refractivity contribution is 0.531. The monoisotopic (exact) mass is 215 g/mol. The molecule has 0 aliphatic rings. The van der Waals surface area contributed by atoms with Crippen LogP contribution in [0, 0.1) is 0 Å². The first-order chi connectivity index (χ1) is 5.29. The fourth-order valence-corrected chi connectivity index (χ4v) is 1.41.